The minimum Gasteiger partial charge on any atom is -0.472 e. The third-order valence-electron chi connectivity index (χ3n) is 4.69. The molecular formula is C17H26N6O3S. The Balaban J connectivity index is 1.72. The molecule has 1 unspecified atom stereocenters. The second kappa shape index (κ2) is 7.43. The summed E-state index contributed by atoms with van der Waals surface area (Å²) in [6, 6.07) is 3.57. The van der Waals surface area contributed by atoms with Crippen molar-refractivity contribution in [2.24, 2.45) is 0 Å². The van der Waals surface area contributed by atoms with Gasteiger partial charge in [-0.25, -0.2) is 8.42 Å². The summed E-state index contributed by atoms with van der Waals surface area (Å²) in [5, 5.41) is 12.5. The lowest BCUT2D eigenvalue weighted by atomic mass is 10.3. The summed E-state index contributed by atoms with van der Waals surface area (Å²) in [6.07, 6.45) is 0.359. The number of nitrogens with zero attached hydrogens (tertiary/aromatic N) is 6. The topological polar surface area (TPSA) is 93.5 Å². The quantitative estimate of drug-likeness (QED) is 0.727. The number of ether oxygens (including phenoxy) is 1. The summed E-state index contributed by atoms with van der Waals surface area (Å²) in [6.45, 7) is 6.80. The fourth-order valence-electron chi connectivity index (χ4n) is 3.29. The molecule has 2 aromatic heterocycles. The summed E-state index contributed by atoms with van der Waals surface area (Å²) in [4.78, 5) is 2.15. The van der Waals surface area contributed by atoms with E-state index in [1.54, 1.807) is 24.6 Å². The van der Waals surface area contributed by atoms with Gasteiger partial charge in [-0.15, -0.1) is 10.2 Å². The van der Waals surface area contributed by atoms with Crippen LogP contribution in [0.25, 0.3) is 0 Å². The molecule has 2 aromatic rings. The van der Waals surface area contributed by atoms with Crippen molar-refractivity contribution in [2.75, 3.05) is 32.1 Å². The van der Waals surface area contributed by atoms with Gasteiger partial charge in [0.2, 0.25) is 15.9 Å². The average molecular weight is 395 g/mol. The molecule has 0 aliphatic carbocycles. The van der Waals surface area contributed by atoms with Crippen LogP contribution in [-0.2, 0) is 16.6 Å². The van der Waals surface area contributed by atoms with Gasteiger partial charge in [0.05, 0.1) is 17.9 Å². The molecule has 0 radical (unpaired) electrons. The van der Waals surface area contributed by atoms with E-state index in [4.69, 9.17) is 4.74 Å². The van der Waals surface area contributed by atoms with E-state index in [0.717, 1.165) is 5.82 Å². The highest BCUT2D eigenvalue weighted by atomic mass is 32.2. The first kappa shape index (κ1) is 19.6. The molecule has 0 spiro atoms. The molecule has 1 aliphatic heterocycles. The fraction of sp³-hybridized carbons (Fsp3) is 0.588. The van der Waals surface area contributed by atoms with Crippen LogP contribution in [0.15, 0.2) is 17.0 Å². The van der Waals surface area contributed by atoms with Crippen molar-refractivity contribution in [3.8, 4) is 5.88 Å². The van der Waals surface area contributed by atoms with Crippen LogP contribution < -0.4 is 9.64 Å². The van der Waals surface area contributed by atoms with Gasteiger partial charge in [-0.1, -0.05) is 0 Å². The highest BCUT2D eigenvalue weighted by molar-refractivity contribution is 7.89. The Morgan fingerprint density at radius 3 is 2.56 bits per heavy atom. The number of hydrogen-bond acceptors (Lipinski definition) is 7. The molecule has 0 amide bonds. The van der Waals surface area contributed by atoms with Crippen LogP contribution in [0.1, 0.15) is 24.7 Å². The van der Waals surface area contributed by atoms with Crippen LogP contribution in [-0.4, -0.2) is 66.0 Å². The number of hydrogen-bond donors (Lipinski definition) is 0. The summed E-state index contributed by atoms with van der Waals surface area (Å²) in [5.74, 6) is 1.13. The molecular weight excluding hydrogens is 368 g/mol. The highest BCUT2D eigenvalue weighted by Crippen LogP contribution is 2.27. The van der Waals surface area contributed by atoms with Crippen molar-refractivity contribution in [2.45, 2.75) is 44.7 Å². The maximum Gasteiger partial charge on any atom is 0.246 e. The van der Waals surface area contributed by atoms with E-state index in [1.165, 1.54) is 4.31 Å². The molecule has 10 heteroatoms. The zero-order valence-electron chi connectivity index (χ0n) is 16.4. The lowest BCUT2D eigenvalue weighted by Gasteiger charge is -2.17. The van der Waals surface area contributed by atoms with Crippen molar-refractivity contribution >= 4 is 15.8 Å². The predicted octanol–water partition coefficient (Wildman–Crippen LogP) is 1.22. The molecule has 3 rings (SSSR count). The van der Waals surface area contributed by atoms with Crippen LogP contribution in [0.3, 0.4) is 0 Å². The minimum absolute atomic E-state index is 0.249. The number of anilines is 1. The Hall–Kier alpha value is -2.20. The van der Waals surface area contributed by atoms with Crippen molar-refractivity contribution in [1.82, 2.24) is 24.3 Å². The number of aromatic nitrogens is 4. The van der Waals surface area contributed by atoms with E-state index in [1.807, 2.05) is 32.0 Å². The average Bonchev–Trinajstić information content (AvgIpc) is 3.20. The summed E-state index contributed by atoms with van der Waals surface area (Å²) in [5.41, 5.74) is 1.20. The second-order valence-electron chi connectivity index (χ2n) is 6.83. The molecule has 0 N–H and O–H groups in total. The van der Waals surface area contributed by atoms with Crippen LogP contribution in [0.5, 0.6) is 5.88 Å². The van der Waals surface area contributed by atoms with E-state index < -0.39 is 10.0 Å². The summed E-state index contributed by atoms with van der Waals surface area (Å²) >= 11 is 0. The maximum absolute atomic E-state index is 13.1. The molecule has 1 atom stereocenters. The molecule has 1 saturated heterocycles. The van der Waals surface area contributed by atoms with Gasteiger partial charge in [-0.2, -0.15) is 9.40 Å². The molecule has 0 bridgehead atoms. The van der Waals surface area contributed by atoms with Gasteiger partial charge < -0.3 is 9.64 Å². The van der Waals surface area contributed by atoms with Gasteiger partial charge in [0.25, 0.3) is 0 Å². The van der Waals surface area contributed by atoms with E-state index in [2.05, 4.69) is 15.3 Å². The predicted molar refractivity (Wildman–Crippen MR) is 102 cm³/mol. The zero-order chi connectivity index (χ0) is 19.8. The van der Waals surface area contributed by atoms with E-state index in [0.29, 0.717) is 41.7 Å². The van der Waals surface area contributed by atoms with E-state index in [-0.39, 0.29) is 12.6 Å². The number of aryl methyl sites for hydroxylation is 2. The second-order valence-corrected chi connectivity index (χ2v) is 8.71. The maximum atomic E-state index is 13.1. The molecule has 0 saturated carbocycles. The standard InChI is InChI=1S/C17H26N6O3S/c1-6-23-13(3)17(12(2)20-23)27(24,25)22-10-9-14(11-22)26-16-8-7-15(18-19-16)21(4)5/h7-8,14H,6,9-11H2,1-5H3. The first-order chi connectivity index (χ1) is 12.7. The first-order valence-corrected chi connectivity index (χ1v) is 10.4. The molecule has 1 aliphatic rings. The van der Waals surface area contributed by atoms with Crippen LogP contribution in [0.2, 0.25) is 0 Å². The van der Waals surface area contributed by atoms with Crippen molar-refractivity contribution < 1.29 is 13.2 Å². The normalized spacial score (nSPS) is 18.0. The van der Waals surface area contributed by atoms with Gasteiger partial charge in [0.1, 0.15) is 11.0 Å². The van der Waals surface area contributed by atoms with E-state index in [9.17, 15) is 8.42 Å². The Morgan fingerprint density at radius 1 is 1.26 bits per heavy atom. The third kappa shape index (κ3) is 3.77. The van der Waals surface area contributed by atoms with E-state index >= 15 is 0 Å². The SMILES string of the molecule is CCn1nc(C)c(S(=O)(=O)N2CCC(Oc3ccc(N(C)C)nn3)C2)c1C. The molecule has 9 nitrogen and oxygen atoms in total. The van der Waals surface area contributed by atoms with Gasteiger partial charge in [-0.3, -0.25) is 4.68 Å². The van der Waals surface area contributed by atoms with Gasteiger partial charge in [0, 0.05) is 33.3 Å². The highest BCUT2D eigenvalue weighted by Gasteiger charge is 2.37. The molecule has 3 heterocycles. The monoisotopic (exact) mass is 394 g/mol. The van der Waals surface area contributed by atoms with Crippen LogP contribution >= 0.6 is 0 Å². The largest absolute Gasteiger partial charge is 0.472 e. The molecule has 27 heavy (non-hydrogen) atoms. The number of rotatable bonds is 6. The fourth-order valence-corrected chi connectivity index (χ4v) is 5.15. The summed E-state index contributed by atoms with van der Waals surface area (Å²) < 4.78 is 35.2. The smallest absolute Gasteiger partial charge is 0.246 e. The Morgan fingerprint density at radius 2 is 2.00 bits per heavy atom. The number of sulfonamides is 1. The Labute approximate surface area is 160 Å². The lowest BCUT2D eigenvalue weighted by Crippen LogP contribution is -2.31. The van der Waals surface area contributed by atoms with Crippen molar-refractivity contribution in [3.05, 3.63) is 23.5 Å². The Kier molecular flexibility index (Phi) is 5.38. The molecule has 0 aromatic carbocycles. The third-order valence-corrected chi connectivity index (χ3v) is 6.81. The molecule has 1 fully saturated rings. The lowest BCUT2D eigenvalue weighted by molar-refractivity contribution is 0.204. The van der Waals surface area contributed by atoms with Crippen molar-refractivity contribution in [3.63, 3.8) is 0 Å². The Bertz CT molecular complexity index is 907. The minimum atomic E-state index is -3.61. The first-order valence-electron chi connectivity index (χ1n) is 8.96. The zero-order valence-corrected chi connectivity index (χ0v) is 17.2. The van der Waals surface area contributed by atoms with Gasteiger partial charge in [0.15, 0.2) is 5.82 Å². The summed E-state index contributed by atoms with van der Waals surface area (Å²) in [7, 11) is 0.163. The van der Waals surface area contributed by atoms with Gasteiger partial charge >= 0.3 is 0 Å². The van der Waals surface area contributed by atoms with Gasteiger partial charge in [-0.05, 0) is 33.3 Å². The van der Waals surface area contributed by atoms with Crippen molar-refractivity contribution in [1.29, 1.82) is 0 Å². The van der Waals surface area contributed by atoms with Crippen LogP contribution in [0.4, 0.5) is 5.82 Å². The molecule has 148 valence electrons. The van der Waals surface area contributed by atoms with Crippen LogP contribution in [0, 0.1) is 13.8 Å².